The quantitative estimate of drug-likeness (QED) is 0.803. The third-order valence-corrected chi connectivity index (χ3v) is 4.85. The van der Waals surface area contributed by atoms with Crippen molar-refractivity contribution in [2.75, 3.05) is 26.7 Å². The van der Waals surface area contributed by atoms with Crippen LogP contribution in [0.2, 0.25) is 0 Å². The average molecular weight is 251 g/mol. The van der Waals surface area contributed by atoms with Crippen LogP contribution in [0.25, 0.3) is 0 Å². The van der Waals surface area contributed by atoms with Crippen LogP contribution >= 0.6 is 0 Å². The molecule has 1 N–H and O–H groups in total. The normalized spacial score (nSPS) is 32.3. The first-order valence-corrected chi connectivity index (χ1v) is 7.47. The van der Waals surface area contributed by atoms with E-state index in [1.807, 2.05) is 11.9 Å². The van der Waals surface area contributed by atoms with Crippen molar-refractivity contribution in [3.63, 3.8) is 0 Å². The van der Waals surface area contributed by atoms with Crippen LogP contribution in [0.5, 0.6) is 0 Å². The Labute approximate surface area is 110 Å². The fraction of sp³-hybridized carbons (Fsp3) is 0.929. The van der Waals surface area contributed by atoms with Gasteiger partial charge >= 0.3 is 0 Å². The molecule has 0 aromatic rings. The summed E-state index contributed by atoms with van der Waals surface area (Å²) in [6.45, 7) is 3.04. The van der Waals surface area contributed by atoms with Gasteiger partial charge in [0.25, 0.3) is 0 Å². The van der Waals surface area contributed by atoms with Gasteiger partial charge in [-0.1, -0.05) is 0 Å². The lowest BCUT2D eigenvalue weighted by Gasteiger charge is -2.35. The molecular weight excluding hydrogens is 226 g/mol. The summed E-state index contributed by atoms with van der Waals surface area (Å²) in [6.07, 6.45) is 7.55. The van der Waals surface area contributed by atoms with Gasteiger partial charge in [0.05, 0.1) is 6.54 Å². The molecule has 3 aliphatic rings. The molecule has 3 rings (SSSR count). The number of likely N-dealkylation sites (N-methyl/N-ethyl adjacent to an activating group) is 1. The van der Waals surface area contributed by atoms with E-state index in [1.54, 1.807) is 0 Å². The number of hydrogen-bond acceptors (Lipinski definition) is 3. The van der Waals surface area contributed by atoms with Gasteiger partial charge in [0, 0.05) is 25.2 Å². The molecule has 2 heterocycles. The number of nitrogens with one attached hydrogen (secondary N) is 1. The highest BCUT2D eigenvalue weighted by Gasteiger charge is 2.33. The van der Waals surface area contributed by atoms with Crippen molar-refractivity contribution in [1.82, 2.24) is 15.1 Å². The molecule has 1 saturated carbocycles. The Kier molecular flexibility index (Phi) is 3.57. The van der Waals surface area contributed by atoms with E-state index in [1.165, 1.54) is 51.6 Å². The zero-order valence-electron chi connectivity index (χ0n) is 11.4. The smallest absolute Gasteiger partial charge is 0.236 e. The summed E-state index contributed by atoms with van der Waals surface area (Å²) in [4.78, 5) is 16.5. The van der Waals surface area contributed by atoms with Crippen LogP contribution in [0, 0.1) is 0 Å². The summed E-state index contributed by atoms with van der Waals surface area (Å²) in [7, 11) is 1.95. The van der Waals surface area contributed by atoms with Gasteiger partial charge in [-0.15, -0.1) is 0 Å². The molecule has 1 amide bonds. The monoisotopic (exact) mass is 251 g/mol. The van der Waals surface area contributed by atoms with Crippen LogP contribution in [-0.4, -0.2) is 60.5 Å². The lowest BCUT2D eigenvalue weighted by molar-refractivity contribution is -0.129. The SMILES string of the molecule is CN(C(=O)CNC1CCN2CCCC2C1)C1CC1. The van der Waals surface area contributed by atoms with Crippen LogP contribution in [-0.2, 0) is 4.79 Å². The molecule has 2 unspecified atom stereocenters. The van der Waals surface area contributed by atoms with Crippen molar-refractivity contribution < 1.29 is 4.79 Å². The highest BCUT2D eigenvalue weighted by atomic mass is 16.2. The Hall–Kier alpha value is -0.610. The minimum Gasteiger partial charge on any atom is -0.342 e. The Morgan fingerprint density at radius 2 is 2.11 bits per heavy atom. The molecule has 2 saturated heterocycles. The first kappa shape index (κ1) is 12.4. The topological polar surface area (TPSA) is 35.6 Å². The fourth-order valence-corrected chi connectivity index (χ4v) is 3.43. The van der Waals surface area contributed by atoms with Crippen molar-refractivity contribution >= 4 is 5.91 Å². The zero-order chi connectivity index (χ0) is 12.5. The highest BCUT2D eigenvalue weighted by Crippen LogP contribution is 2.27. The molecule has 3 fully saturated rings. The molecule has 0 aromatic carbocycles. The van der Waals surface area contributed by atoms with Crippen molar-refractivity contribution in [2.24, 2.45) is 0 Å². The number of rotatable bonds is 4. The van der Waals surface area contributed by atoms with Crippen LogP contribution in [0.15, 0.2) is 0 Å². The van der Waals surface area contributed by atoms with Gasteiger partial charge in [-0.3, -0.25) is 4.79 Å². The van der Waals surface area contributed by atoms with Gasteiger partial charge in [-0.25, -0.2) is 0 Å². The predicted molar refractivity (Wildman–Crippen MR) is 71.4 cm³/mol. The number of carbonyl (C=O) groups excluding carboxylic acids is 1. The first-order valence-electron chi connectivity index (χ1n) is 7.47. The van der Waals surface area contributed by atoms with E-state index in [0.717, 1.165) is 6.04 Å². The van der Waals surface area contributed by atoms with Crippen molar-refractivity contribution in [3.05, 3.63) is 0 Å². The largest absolute Gasteiger partial charge is 0.342 e. The minimum atomic E-state index is 0.270. The molecule has 0 radical (unpaired) electrons. The van der Waals surface area contributed by atoms with Gasteiger partial charge in [0.2, 0.25) is 5.91 Å². The third kappa shape index (κ3) is 2.69. The number of piperidine rings is 1. The number of nitrogens with zero attached hydrogens (tertiary/aromatic N) is 2. The highest BCUT2D eigenvalue weighted by molar-refractivity contribution is 5.78. The van der Waals surface area contributed by atoms with Crippen LogP contribution < -0.4 is 5.32 Å². The molecule has 4 heteroatoms. The lowest BCUT2D eigenvalue weighted by atomic mass is 9.97. The van der Waals surface area contributed by atoms with Gasteiger partial charge in [-0.05, 0) is 51.6 Å². The summed E-state index contributed by atoms with van der Waals surface area (Å²) < 4.78 is 0. The molecule has 0 aromatic heterocycles. The van der Waals surface area contributed by atoms with E-state index in [2.05, 4.69) is 10.2 Å². The van der Waals surface area contributed by atoms with E-state index in [9.17, 15) is 4.79 Å². The summed E-state index contributed by atoms with van der Waals surface area (Å²) in [6, 6.07) is 1.88. The second-order valence-corrected chi connectivity index (χ2v) is 6.17. The maximum atomic E-state index is 11.9. The zero-order valence-corrected chi connectivity index (χ0v) is 11.4. The maximum absolute atomic E-state index is 11.9. The van der Waals surface area contributed by atoms with Crippen LogP contribution in [0.4, 0.5) is 0 Å². The van der Waals surface area contributed by atoms with Crippen LogP contribution in [0.3, 0.4) is 0 Å². The van der Waals surface area contributed by atoms with E-state index in [4.69, 9.17) is 0 Å². The number of amides is 1. The minimum absolute atomic E-state index is 0.270. The Balaban J connectivity index is 1.41. The van der Waals surface area contributed by atoms with Gasteiger partial charge in [0.15, 0.2) is 0 Å². The van der Waals surface area contributed by atoms with E-state index in [-0.39, 0.29) is 5.91 Å². The summed E-state index contributed by atoms with van der Waals surface area (Å²) in [5, 5.41) is 3.48. The van der Waals surface area contributed by atoms with Gasteiger partial charge < -0.3 is 15.1 Å². The molecule has 2 aliphatic heterocycles. The lowest BCUT2D eigenvalue weighted by Crippen LogP contribution is -2.48. The Morgan fingerprint density at radius 1 is 1.28 bits per heavy atom. The summed E-state index contributed by atoms with van der Waals surface area (Å²) in [5.74, 6) is 0.270. The molecule has 2 atom stereocenters. The van der Waals surface area contributed by atoms with E-state index < -0.39 is 0 Å². The number of carbonyl (C=O) groups is 1. The standard InChI is InChI=1S/C14H25N3O/c1-16(12-4-5-12)14(18)10-15-11-6-8-17-7-2-3-13(17)9-11/h11-13,15H,2-10H2,1H3. The van der Waals surface area contributed by atoms with Crippen molar-refractivity contribution in [2.45, 2.75) is 56.7 Å². The number of hydrogen-bond donors (Lipinski definition) is 1. The summed E-state index contributed by atoms with van der Waals surface area (Å²) in [5.41, 5.74) is 0. The van der Waals surface area contributed by atoms with Gasteiger partial charge in [-0.2, -0.15) is 0 Å². The second kappa shape index (κ2) is 5.17. The molecule has 0 bridgehead atoms. The molecule has 102 valence electrons. The van der Waals surface area contributed by atoms with Crippen molar-refractivity contribution in [3.8, 4) is 0 Å². The molecule has 0 spiro atoms. The Bertz CT molecular complexity index is 316. The molecular formula is C14H25N3O. The molecule has 18 heavy (non-hydrogen) atoms. The van der Waals surface area contributed by atoms with E-state index in [0.29, 0.717) is 18.6 Å². The Morgan fingerprint density at radius 3 is 2.89 bits per heavy atom. The number of fused-ring (bicyclic) bond motifs is 1. The van der Waals surface area contributed by atoms with E-state index >= 15 is 0 Å². The third-order valence-electron chi connectivity index (χ3n) is 4.85. The average Bonchev–Trinajstić information content (AvgIpc) is 3.13. The van der Waals surface area contributed by atoms with Gasteiger partial charge in [0.1, 0.15) is 0 Å². The fourth-order valence-electron chi connectivity index (χ4n) is 3.43. The molecule has 4 nitrogen and oxygen atoms in total. The maximum Gasteiger partial charge on any atom is 0.236 e. The van der Waals surface area contributed by atoms with Crippen LogP contribution in [0.1, 0.15) is 38.5 Å². The molecule has 1 aliphatic carbocycles. The second-order valence-electron chi connectivity index (χ2n) is 6.17. The summed E-state index contributed by atoms with van der Waals surface area (Å²) >= 11 is 0. The first-order chi connectivity index (χ1) is 8.74. The predicted octanol–water partition coefficient (Wildman–Crippen LogP) is 0.824. The van der Waals surface area contributed by atoms with Crippen molar-refractivity contribution in [1.29, 1.82) is 0 Å².